The summed E-state index contributed by atoms with van der Waals surface area (Å²) in [4.78, 5) is 10.9. The van der Waals surface area contributed by atoms with Crippen molar-refractivity contribution in [3.05, 3.63) is 17.5 Å². The molecule has 16 heavy (non-hydrogen) atoms. The molecule has 3 heterocycles. The van der Waals surface area contributed by atoms with E-state index in [0.29, 0.717) is 6.10 Å². The second-order valence-corrected chi connectivity index (χ2v) is 4.60. The number of hydrogen-bond donors (Lipinski definition) is 1. The highest BCUT2D eigenvalue weighted by molar-refractivity contribution is 5.85. The van der Waals surface area contributed by atoms with Crippen LogP contribution in [-0.2, 0) is 11.8 Å². The Hall–Kier alpha value is -1.36. The molecule has 0 aliphatic carbocycles. The molecule has 0 aromatic carbocycles. The lowest BCUT2D eigenvalue weighted by Gasteiger charge is -2.15. The molecule has 86 valence electrons. The van der Waals surface area contributed by atoms with E-state index in [0.717, 1.165) is 25.0 Å². The van der Waals surface area contributed by atoms with Gasteiger partial charge in [0.2, 0.25) is 0 Å². The summed E-state index contributed by atoms with van der Waals surface area (Å²) in [7, 11) is 1.67. The molecule has 2 aliphatic heterocycles. The fourth-order valence-electron chi connectivity index (χ4n) is 2.82. The number of carboxylic acids is 1. The van der Waals surface area contributed by atoms with Crippen LogP contribution in [0.5, 0.6) is 0 Å². The molecule has 0 amide bonds. The van der Waals surface area contributed by atoms with E-state index in [4.69, 9.17) is 9.84 Å². The fourth-order valence-corrected chi connectivity index (χ4v) is 2.82. The Morgan fingerprint density at radius 1 is 1.62 bits per heavy atom. The minimum atomic E-state index is -0.926. The molecule has 0 spiro atoms. The average molecular weight is 222 g/mol. The van der Waals surface area contributed by atoms with E-state index in [1.807, 2.05) is 0 Å². The minimum absolute atomic E-state index is 0.248. The molecule has 2 fully saturated rings. The smallest absolute Gasteiger partial charge is 0.354 e. The standard InChI is InChI=1S/C11H14N2O3/c1-13-9(11(14)15)5-8(12-13)7-4-6-2-3-10(7)16-6/h5-7,10H,2-4H2,1H3,(H,14,15). The molecule has 5 heteroatoms. The van der Waals surface area contributed by atoms with E-state index >= 15 is 0 Å². The molecule has 3 atom stereocenters. The van der Waals surface area contributed by atoms with Crippen LogP contribution in [0, 0.1) is 0 Å². The van der Waals surface area contributed by atoms with Crippen LogP contribution in [0.3, 0.4) is 0 Å². The van der Waals surface area contributed by atoms with Gasteiger partial charge in [0.1, 0.15) is 5.69 Å². The number of rotatable bonds is 2. The number of fused-ring (bicyclic) bond motifs is 2. The predicted octanol–water partition coefficient (Wildman–Crippen LogP) is 1.15. The lowest BCUT2D eigenvalue weighted by Crippen LogP contribution is -2.14. The first-order valence-corrected chi connectivity index (χ1v) is 5.58. The van der Waals surface area contributed by atoms with Crippen LogP contribution >= 0.6 is 0 Å². The second-order valence-electron chi connectivity index (χ2n) is 4.60. The van der Waals surface area contributed by atoms with Crippen molar-refractivity contribution in [2.24, 2.45) is 7.05 Å². The van der Waals surface area contributed by atoms with Gasteiger partial charge in [-0.15, -0.1) is 0 Å². The summed E-state index contributed by atoms with van der Waals surface area (Å²) in [5, 5.41) is 13.3. The molecular formula is C11H14N2O3. The zero-order valence-corrected chi connectivity index (χ0v) is 9.09. The van der Waals surface area contributed by atoms with Gasteiger partial charge in [0, 0.05) is 13.0 Å². The topological polar surface area (TPSA) is 64.4 Å². The van der Waals surface area contributed by atoms with Gasteiger partial charge in [-0.3, -0.25) is 4.68 Å². The Morgan fingerprint density at radius 2 is 2.44 bits per heavy atom. The summed E-state index contributed by atoms with van der Waals surface area (Å²) >= 11 is 0. The number of aromatic carboxylic acids is 1. The third kappa shape index (κ3) is 1.35. The number of aryl methyl sites for hydroxylation is 1. The predicted molar refractivity (Wildman–Crippen MR) is 55.4 cm³/mol. The van der Waals surface area contributed by atoms with E-state index in [2.05, 4.69) is 5.10 Å². The first kappa shape index (κ1) is 9.84. The van der Waals surface area contributed by atoms with Crippen molar-refractivity contribution >= 4 is 5.97 Å². The maximum absolute atomic E-state index is 10.9. The molecule has 5 nitrogen and oxygen atoms in total. The lowest BCUT2D eigenvalue weighted by atomic mass is 9.87. The maximum atomic E-state index is 10.9. The Labute approximate surface area is 93.0 Å². The Balaban J connectivity index is 1.90. The third-order valence-corrected chi connectivity index (χ3v) is 3.60. The third-order valence-electron chi connectivity index (χ3n) is 3.60. The van der Waals surface area contributed by atoms with Crippen LogP contribution in [0.4, 0.5) is 0 Å². The largest absolute Gasteiger partial charge is 0.477 e. The van der Waals surface area contributed by atoms with Gasteiger partial charge in [0.15, 0.2) is 0 Å². The van der Waals surface area contributed by atoms with Crippen molar-refractivity contribution in [1.29, 1.82) is 0 Å². The monoisotopic (exact) mass is 222 g/mol. The Morgan fingerprint density at radius 3 is 2.94 bits per heavy atom. The summed E-state index contributed by atoms with van der Waals surface area (Å²) in [5.41, 5.74) is 1.12. The van der Waals surface area contributed by atoms with Gasteiger partial charge in [-0.25, -0.2) is 4.79 Å². The van der Waals surface area contributed by atoms with E-state index in [9.17, 15) is 4.79 Å². The van der Waals surface area contributed by atoms with E-state index in [1.54, 1.807) is 13.1 Å². The van der Waals surface area contributed by atoms with Crippen molar-refractivity contribution in [3.63, 3.8) is 0 Å². The molecule has 2 aliphatic rings. The number of carboxylic acid groups (broad SMARTS) is 1. The molecule has 3 rings (SSSR count). The van der Waals surface area contributed by atoms with Gasteiger partial charge in [0.05, 0.1) is 17.9 Å². The second kappa shape index (κ2) is 3.31. The molecule has 1 N–H and O–H groups in total. The van der Waals surface area contributed by atoms with Crippen LogP contribution in [0.25, 0.3) is 0 Å². The maximum Gasteiger partial charge on any atom is 0.354 e. The summed E-state index contributed by atoms with van der Waals surface area (Å²) < 4.78 is 7.19. The highest BCUT2D eigenvalue weighted by atomic mass is 16.5. The van der Waals surface area contributed by atoms with Crippen LogP contribution in [0.1, 0.15) is 41.4 Å². The number of hydrogen-bond acceptors (Lipinski definition) is 3. The molecule has 1 aromatic heterocycles. The molecule has 3 unspecified atom stereocenters. The average Bonchev–Trinajstić information content (AvgIpc) is 2.89. The normalized spacial score (nSPS) is 32.2. The van der Waals surface area contributed by atoms with Gasteiger partial charge in [-0.1, -0.05) is 0 Å². The van der Waals surface area contributed by atoms with E-state index < -0.39 is 5.97 Å². The number of carbonyl (C=O) groups is 1. The van der Waals surface area contributed by atoms with Gasteiger partial charge < -0.3 is 9.84 Å². The summed E-state index contributed by atoms with van der Waals surface area (Å²) in [6.07, 6.45) is 3.82. The van der Waals surface area contributed by atoms with E-state index in [1.165, 1.54) is 4.68 Å². The van der Waals surface area contributed by atoms with E-state index in [-0.39, 0.29) is 17.7 Å². The summed E-state index contributed by atoms with van der Waals surface area (Å²) in [5.74, 6) is -0.636. The van der Waals surface area contributed by atoms with Gasteiger partial charge in [-0.05, 0) is 25.3 Å². The summed E-state index contributed by atoms with van der Waals surface area (Å²) in [6.45, 7) is 0. The molecule has 2 saturated heterocycles. The van der Waals surface area contributed by atoms with Crippen molar-refractivity contribution < 1.29 is 14.6 Å². The molecule has 2 bridgehead atoms. The Kier molecular flexibility index (Phi) is 2.04. The number of ether oxygens (including phenoxy) is 1. The fraction of sp³-hybridized carbons (Fsp3) is 0.636. The highest BCUT2D eigenvalue weighted by Gasteiger charge is 2.42. The van der Waals surface area contributed by atoms with Crippen molar-refractivity contribution in [1.82, 2.24) is 9.78 Å². The first-order chi connectivity index (χ1) is 7.65. The lowest BCUT2D eigenvalue weighted by molar-refractivity contribution is 0.0685. The number of aromatic nitrogens is 2. The van der Waals surface area contributed by atoms with Crippen LogP contribution in [-0.4, -0.2) is 33.1 Å². The molecular weight excluding hydrogens is 208 g/mol. The Bertz CT molecular complexity index is 440. The van der Waals surface area contributed by atoms with Gasteiger partial charge in [-0.2, -0.15) is 5.10 Å². The SMILES string of the molecule is Cn1nc(C2CC3CCC2O3)cc1C(=O)O. The first-order valence-electron chi connectivity index (χ1n) is 5.58. The van der Waals surface area contributed by atoms with Gasteiger partial charge in [0.25, 0.3) is 0 Å². The van der Waals surface area contributed by atoms with Gasteiger partial charge >= 0.3 is 5.97 Å². The summed E-state index contributed by atoms with van der Waals surface area (Å²) in [6, 6.07) is 1.68. The van der Waals surface area contributed by atoms with Crippen molar-refractivity contribution in [3.8, 4) is 0 Å². The molecule has 0 radical (unpaired) electrons. The molecule has 0 saturated carbocycles. The zero-order valence-electron chi connectivity index (χ0n) is 9.09. The zero-order chi connectivity index (χ0) is 11.3. The van der Waals surface area contributed by atoms with Crippen LogP contribution < -0.4 is 0 Å². The molecule has 1 aromatic rings. The minimum Gasteiger partial charge on any atom is -0.477 e. The highest BCUT2D eigenvalue weighted by Crippen LogP contribution is 2.43. The quantitative estimate of drug-likeness (QED) is 0.815. The van der Waals surface area contributed by atoms with Crippen LogP contribution in [0.2, 0.25) is 0 Å². The van der Waals surface area contributed by atoms with Crippen LogP contribution in [0.15, 0.2) is 6.07 Å². The van der Waals surface area contributed by atoms with Crippen molar-refractivity contribution in [2.45, 2.75) is 37.4 Å². The van der Waals surface area contributed by atoms with Crippen molar-refractivity contribution in [2.75, 3.05) is 0 Å². The number of nitrogens with zero attached hydrogens (tertiary/aromatic N) is 2.